The first kappa shape index (κ1) is 12.5. The van der Waals surface area contributed by atoms with Crippen LogP contribution in [0.5, 0.6) is 5.75 Å². The van der Waals surface area contributed by atoms with Crippen LogP contribution in [0.4, 0.5) is 5.69 Å². The van der Waals surface area contributed by atoms with E-state index in [0.717, 1.165) is 11.0 Å². The van der Waals surface area contributed by atoms with Gasteiger partial charge in [0.1, 0.15) is 5.75 Å². The highest BCUT2D eigenvalue weighted by atomic mass is 35.5. The summed E-state index contributed by atoms with van der Waals surface area (Å²) in [6.07, 6.45) is 0. The van der Waals surface area contributed by atoms with E-state index < -0.39 is 0 Å². The molecule has 0 radical (unpaired) electrons. The number of imidazole rings is 1. The predicted molar refractivity (Wildman–Crippen MR) is 77.2 cm³/mol. The number of phenols is 1. The maximum absolute atomic E-state index is 12.0. The first-order chi connectivity index (χ1) is 9.61. The number of fused-ring (bicyclic) bond motifs is 1. The molecule has 100 valence electrons. The zero-order valence-corrected chi connectivity index (χ0v) is 11.0. The first-order valence-electron chi connectivity index (χ1n) is 5.87. The fourth-order valence-electron chi connectivity index (χ4n) is 1.91. The van der Waals surface area contributed by atoms with Crippen molar-refractivity contribution in [2.24, 2.45) is 0 Å². The van der Waals surface area contributed by atoms with Gasteiger partial charge in [-0.25, -0.2) is 4.98 Å². The molecule has 6 heteroatoms. The second-order valence-electron chi connectivity index (χ2n) is 4.26. The van der Waals surface area contributed by atoms with Crippen LogP contribution < -0.4 is 5.32 Å². The Kier molecular flexibility index (Phi) is 3.04. The third-order valence-corrected chi connectivity index (χ3v) is 3.00. The molecule has 0 bridgehead atoms. The van der Waals surface area contributed by atoms with E-state index in [0.29, 0.717) is 16.5 Å². The Morgan fingerprint density at radius 2 is 2.10 bits per heavy atom. The molecule has 0 spiro atoms. The second kappa shape index (κ2) is 4.86. The average molecular weight is 288 g/mol. The Balaban J connectivity index is 1.87. The van der Waals surface area contributed by atoms with Gasteiger partial charge in [-0.1, -0.05) is 6.07 Å². The maximum Gasteiger partial charge on any atom is 0.255 e. The fraction of sp³-hybridized carbons (Fsp3) is 0. The molecule has 5 nitrogen and oxygen atoms in total. The third kappa shape index (κ3) is 2.44. The molecule has 0 saturated carbocycles. The first-order valence-corrected chi connectivity index (χ1v) is 6.25. The molecular formula is C14H10ClN3O2. The molecule has 1 heterocycles. The highest BCUT2D eigenvalue weighted by Crippen LogP contribution is 2.20. The number of carbonyl (C=O) groups is 1. The Hall–Kier alpha value is -2.53. The molecule has 0 aliphatic carbocycles. The van der Waals surface area contributed by atoms with Gasteiger partial charge in [0.05, 0.1) is 11.0 Å². The van der Waals surface area contributed by atoms with Crippen molar-refractivity contribution >= 4 is 34.2 Å². The molecule has 0 fully saturated rings. The van der Waals surface area contributed by atoms with Crippen molar-refractivity contribution in [2.75, 3.05) is 5.32 Å². The summed E-state index contributed by atoms with van der Waals surface area (Å²) in [4.78, 5) is 19.0. The molecule has 3 rings (SSSR count). The van der Waals surface area contributed by atoms with Gasteiger partial charge < -0.3 is 15.4 Å². The van der Waals surface area contributed by atoms with Gasteiger partial charge in [-0.15, -0.1) is 0 Å². The number of phenolic OH excluding ortho intramolecular Hbond substituents is 1. The van der Waals surface area contributed by atoms with Gasteiger partial charge in [0, 0.05) is 11.3 Å². The number of rotatable bonds is 2. The van der Waals surface area contributed by atoms with Gasteiger partial charge in [0.15, 0.2) is 0 Å². The molecule has 0 aliphatic rings. The van der Waals surface area contributed by atoms with Gasteiger partial charge in [-0.05, 0) is 48.0 Å². The summed E-state index contributed by atoms with van der Waals surface area (Å²) in [6, 6.07) is 11.4. The summed E-state index contributed by atoms with van der Waals surface area (Å²) in [7, 11) is 0. The summed E-state index contributed by atoms with van der Waals surface area (Å²) in [5.41, 5.74) is 2.47. The van der Waals surface area contributed by atoms with Crippen molar-refractivity contribution < 1.29 is 9.90 Å². The standard InChI is InChI=1S/C14H10ClN3O2/c15-14-17-11-5-4-9(7-12(11)18-14)16-13(20)8-2-1-3-10(19)6-8/h1-7,19H,(H,16,20)(H,17,18). The number of hydrogen-bond acceptors (Lipinski definition) is 3. The number of aromatic amines is 1. The number of H-pyrrole nitrogens is 1. The predicted octanol–water partition coefficient (Wildman–Crippen LogP) is 3.17. The minimum atomic E-state index is -0.300. The second-order valence-corrected chi connectivity index (χ2v) is 4.62. The van der Waals surface area contributed by atoms with Gasteiger partial charge in [-0.2, -0.15) is 0 Å². The number of carbonyl (C=O) groups excluding carboxylic acids is 1. The molecule has 3 N–H and O–H groups in total. The highest BCUT2D eigenvalue weighted by Gasteiger charge is 2.08. The SMILES string of the molecule is O=C(Nc1ccc2nc(Cl)[nH]c2c1)c1cccc(O)c1. The van der Waals surface area contributed by atoms with E-state index >= 15 is 0 Å². The number of nitrogens with zero attached hydrogens (tertiary/aromatic N) is 1. The van der Waals surface area contributed by atoms with Crippen LogP contribution in [0.15, 0.2) is 42.5 Å². The number of nitrogens with one attached hydrogen (secondary N) is 2. The van der Waals surface area contributed by atoms with E-state index in [9.17, 15) is 9.90 Å². The van der Waals surface area contributed by atoms with E-state index in [2.05, 4.69) is 15.3 Å². The smallest absolute Gasteiger partial charge is 0.255 e. The minimum absolute atomic E-state index is 0.0495. The molecule has 0 aliphatic heterocycles. The molecule has 0 unspecified atom stereocenters. The van der Waals surface area contributed by atoms with E-state index in [1.807, 2.05) is 0 Å². The molecule has 0 atom stereocenters. The lowest BCUT2D eigenvalue weighted by Gasteiger charge is -2.05. The normalized spacial score (nSPS) is 10.7. The lowest BCUT2D eigenvalue weighted by Crippen LogP contribution is -2.11. The van der Waals surface area contributed by atoms with Crippen molar-refractivity contribution in [3.63, 3.8) is 0 Å². The zero-order chi connectivity index (χ0) is 14.1. The van der Waals surface area contributed by atoms with Crippen LogP contribution in [0.3, 0.4) is 0 Å². The minimum Gasteiger partial charge on any atom is -0.508 e. The maximum atomic E-state index is 12.0. The summed E-state index contributed by atoms with van der Waals surface area (Å²) in [6.45, 7) is 0. The molecule has 20 heavy (non-hydrogen) atoms. The van der Waals surface area contributed by atoms with Crippen LogP contribution in [0.2, 0.25) is 5.28 Å². The number of amides is 1. The van der Waals surface area contributed by atoms with Crippen molar-refractivity contribution in [3.05, 3.63) is 53.3 Å². The molecule has 2 aromatic carbocycles. The molecule has 1 aromatic heterocycles. The monoisotopic (exact) mass is 287 g/mol. The summed E-state index contributed by atoms with van der Waals surface area (Å²) < 4.78 is 0. The fourth-order valence-corrected chi connectivity index (χ4v) is 2.10. The van der Waals surface area contributed by atoms with E-state index in [4.69, 9.17) is 11.6 Å². The van der Waals surface area contributed by atoms with Gasteiger partial charge in [0.25, 0.3) is 5.91 Å². The highest BCUT2D eigenvalue weighted by molar-refractivity contribution is 6.29. The van der Waals surface area contributed by atoms with Crippen molar-refractivity contribution in [1.29, 1.82) is 0 Å². The van der Waals surface area contributed by atoms with Crippen LogP contribution in [0.1, 0.15) is 10.4 Å². The Morgan fingerprint density at radius 1 is 1.25 bits per heavy atom. The number of hydrogen-bond donors (Lipinski definition) is 3. The third-order valence-electron chi connectivity index (χ3n) is 2.82. The number of aromatic hydroxyl groups is 1. The molecule has 0 saturated heterocycles. The largest absolute Gasteiger partial charge is 0.508 e. The Bertz CT molecular complexity index is 798. The lowest BCUT2D eigenvalue weighted by molar-refractivity contribution is 0.102. The van der Waals surface area contributed by atoms with Crippen molar-refractivity contribution in [2.45, 2.75) is 0 Å². The van der Waals surface area contributed by atoms with E-state index in [1.54, 1.807) is 30.3 Å². The van der Waals surface area contributed by atoms with Gasteiger partial charge >= 0.3 is 0 Å². The summed E-state index contributed by atoms with van der Waals surface area (Å²) in [5.74, 6) is -0.251. The van der Waals surface area contributed by atoms with E-state index in [-0.39, 0.29) is 11.7 Å². The number of aromatic nitrogens is 2. The summed E-state index contributed by atoms with van der Waals surface area (Å²) in [5, 5.41) is 12.4. The van der Waals surface area contributed by atoms with Crippen LogP contribution in [0.25, 0.3) is 11.0 Å². The molecule has 3 aromatic rings. The number of benzene rings is 2. The quantitative estimate of drug-likeness (QED) is 0.677. The van der Waals surface area contributed by atoms with E-state index in [1.165, 1.54) is 12.1 Å². The van der Waals surface area contributed by atoms with Crippen LogP contribution in [-0.2, 0) is 0 Å². The number of anilines is 1. The molecule has 1 amide bonds. The van der Waals surface area contributed by atoms with Gasteiger partial charge in [-0.3, -0.25) is 4.79 Å². The lowest BCUT2D eigenvalue weighted by atomic mass is 10.2. The Labute approximate surface area is 119 Å². The molecular weight excluding hydrogens is 278 g/mol. The zero-order valence-electron chi connectivity index (χ0n) is 10.2. The topological polar surface area (TPSA) is 78.0 Å². The Morgan fingerprint density at radius 3 is 2.90 bits per heavy atom. The summed E-state index contributed by atoms with van der Waals surface area (Å²) >= 11 is 5.77. The van der Waals surface area contributed by atoms with Gasteiger partial charge in [0.2, 0.25) is 5.28 Å². The van der Waals surface area contributed by atoms with Crippen LogP contribution in [-0.4, -0.2) is 21.0 Å². The average Bonchev–Trinajstić information content (AvgIpc) is 2.78. The van der Waals surface area contributed by atoms with Crippen LogP contribution in [0, 0.1) is 0 Å². The van der Waals surface area contributed by atoms with Crippen LogP contribution >= 0.6 is 11.6 Å². The van der Waals surface area contributed by atoms with Crippen molar-refractivity contribution in [3.8, 4) is 5.75 Å². The number of halogens is 1. The van der Waals surface area contributed by atoms with Crippen molar-refractivity contribution in [1.82, 2.24) is 9.97 Å².